The topological polar surface area (TPSA) is 23.8 Å². The average Bonchev–Trinajstić information content (AvgIpc) is 1.99. The van der Waals surface area contributed by atoms with Crippen molar-refractivity contribution in [3.05, 3.63) is 11.1 Å². The molecule has 0 heterocycles. The van der Waals surface area contributed by atoms with Crippen LogP contribution in [0.2, 0.25) is 0 Å². The van der Waals surface area contributed by atoms with Gasteiger partial charge >= 0.3 is 0 Å². The van der Waals surface area contributed by atoms with Crippen molar-refractivity contribution in [2.45, 2.75) is 40.0 Å². The second kappa shape index (κ2) is 5.05. The lowest BCUT2D eigenvalue weighted by Gasteiger charge is -1.99. The summed E-state index contributed by atoms with van der Waals surface area (Å²) in [5, 5.41) is 8.65. The first kappa shape index (κ1) is 9.23. The number of nitrogens with zero attached hydrogens (tertiary/aromatic N) is 1. The third kappa shape index (κ3) is 2.68. The van der Waals surface area contributed by atoms with Crippen LogP contribution in [0.5, 0.6) is 0 Å². The van der Waals surface area contributed by atoms with Crippen LogP contribution in [0.1, 0.15) is 40.0 Å². The lowest BCUT2D eigenvalue weighted by atomic mass is 10.0. The van der Waals surface area contributed by atoms with Crippen molar-refractivity contribution >= 4 is 0 Å². The second-order valence-electron chi connectivity index (χ2n) is 2.47. The molecular formula is C9H15N. The molecule has 0 spiro atoms. The molecule has 0 aromatic rings. The Morgan fingerprint density at radius 2 is 2.00 bits per heavy atom. The molecule has 0 aliphatic rings. The number of nitriles is 1. The van der Waals surface area contributed by atoms with Crippen molar-refractivity contribution < 1.29 is 0 Å². The minimum absolute atomic E-state index is 0.941. The van der Waals surface area contributed by atoms with E-state index < -0.39 is 0 Å². The number of rotatable bonds is 3. The molecule has 0 saturated carbocycles. The summed E-state index contributed by atoms with van der Waals surface area (Å²) in [6.07, 6.45) is 3.01. The lowest BCUT2D eigenvalue weighted by molar-refractivity contribution is 0.900. The Hall–Kier alpha value is -0.770. The largest absolute Gasteiger partial charge is 0.193 e. The summed E-state index contributed by atoms with van der Waals surface area (Å²) in [6.45, 7) is 6.22. The molecule has 0 aromatic heterocycles. The maximum absolute atomic E-state index is 8.65. The quantitative estimate of drug-likeness (QED) is 0.548. The zero-order valence-electron chi connectivity index (χ0n) is 7.07. The van der Waals surface area contributed by atoms with Gasteiger partial charge in [0.25, 0.3) is 0 Å². The molecule has 0 bridgehead atoms. The number of hydrogen-bond donors (Lipinski definition) is 0. The zero-order chi connectivity index (χ0) is 7.98. The summed E-state index contributed by atoms with van der Waals surface area (Å²) in [6, 6.07) is 2.23. The van der Waals surface area contributed by atoms with E-state index in [2.05, 4.69) is 19.9 Å². The van der Waals surface area contributed by atoms with E-state index >= 15 is 0 Å². The van der Waals surface area contributed by atoms with Gasteiger partial charge in [0.05, 0.1) is 6.07 Å². The fourth-order valence-electron chi connectivity index (χ4n) is 0.828. The van der Waals surface area contributed by atoms with Crippen LogP contribution in [0.15, 0.2) is 11.1 Å². The predicted molar refractivity (Wildman–Crippen MR) is 43.5 cm³/mol. The third-order valence-corrected chi connectivity index (χ3v) is 1.68. The van der Waals surface area contributed by atoms with E-state index in [-0.39, 0.29) is 0 Å². The van der Waals surface area contributed by atoms with Gasteiger partial charge in [0, 0.05) is 5.57 Å². The Kier molecular flexibility index (Phi) is 4.66. The summed E-state index contributed by atoms with van der Waals surface area (Å²) >= 11 is 0. The highest BCUT2D eigenvalue weighted by Gasteiger charge is 1.96. The van der Waals surface area contributed by atoms with Gasteiger partial charge in [0.2, 0.25) is 0 Å². The van der Waals surface area contributed by atoms with E-state index in [0.717, 1.165) is 24.8 Å². The summed E-state index contributed by atoms with van der Waals surface area (Å²) in [5.74, 6) is 0. The van der Waals surface area contributed by atoms with Gasteiger partial charge in [-0.1, -0.05) is 25.8 Å². The molecule has 1 heteroatoms. The van der Waals surface area contributed by atoms with Gasteiger partial charge in [0.1, 0.15) is 0 Å². The van der Waals surface area contributed by atoms with Crippen molar-refractivity contribution in [1.82, 2.24) is 0 Å². The van der Waals surface area contributed by atoms with Crippen molar-refractivity contribution in [2.75, 3.05) is 0 Å². The highest BCUT2D eigenvalue weighted by molar-refractivity contribution is 5.26. The molecule has 0 saturated heterocycles. The predicted octanol–water partition coefficient (Wildman–Crippen LogP) is 3.04. The van der Waals surface area contributed by atoms with E-state index in [1.54, 1.807) is 0 Å². The molecule has 0 N–H and O–H groups in total. The van der Waals surface area contributed by atoms with Gasteiger partial charge in [0.15, 0.2) is 0 Å². The molecule has 0 fully saturated rings. The zero-order valence-corrected chi connectivity index (χ0v) is 7.07. The molecule has 0 aliphatic carbocycles. The Bertz CT molecular complexity index is 160. The maximum atomic E-state index is 8.65. The van der Waals surface area contributed by atoms with Crippen LogP contribution < -0.4 is 0 Å². The monoisotopic (exact) mass is 137 g/mol. The first-order valence-corrected chi connectivity index (χ1v) is 3.84. The Morgan fingerprint density at radius 3 is 2.30 bits per heavy atom. The van der Waals surface area contributed by atoms with Gasteiger partial charge < -0.3 is 0 Å². The minimum atomic E-state index is 0.941. The standard InChI is InChI=1S/C9H15N/c1-4-6-9(7-10)8(3)5-2/h4-6H2,1-3H3/b9-8-. The SMILES string of the molecule is CCC/C(C#N)=C(\C)CC. The second-order valence-corrected chi connectivity index (χ2v) is 2.47. The van der Waals surface area contributed by atoms with Crippen LogP contribution in [-0.2, 0) is 0 Å². The molecular weight excluding hydrogens is 122 g/mol. The number of hydrogen-bond acceptors (Lipinski definition) is 1. The van der Waals surface area contributed by atoms with Crippen LogP contribution in [0.3, 0.4) is 0 Å². The van der Waals surface area contributed by atoms with Crippen molar-refractivity contribution in [1.29, 1.82) is 5.26 Å². The Balaban J connectivity index is 4.19. The van der Waals surface area contributed by atoms with E-state index in [1.807, 2.05) is 6.92 Å². The molecule has 0 unspecified atom stereocenters. The molecule has 0 aromatic carbocycles. The van der Waals surface area contributed by atoms with Gasteiger partial charge in [-0.3, -0.25) is 0 Å². The van der Waals surface area contributed by atoms with E-state index in [1.165, 1.54) is 5.57 Å². The molecule has 10 heavy (non-hydrogen) atoms. The fraction of sp³-hybridized carbons (Fsp3) is 0.667. The van der Waals surface area contributed by atoms with Crippen molar-refractivity contribution in [3.8, 4) is 6.07 Å². The molecule has 0 rings (SSSR count). The normalized spacial score (nSPS) is 12.2. The molecule has 56 valence electrons. The van der Waals surface area contributed by atoms with E-state index in [0.29, 0.717) is 0 Å². The first-order chi connectivity index (χ1) is 4.76. The van der Waals surface area contributed by atoms with Gasteiger partial charge in [-0.05, 0) is 19.8 Å². The van der Waals surface area contributed by atoms with Crippen LogP contribution in [-0.4, -0.2) is 0 Å². The smallest absolute Gasteiger partial charge is 0.0946 e. The molecule has 0 aliphatic heterocycles. The summed E-state index contributed by atoms with van der Waals surface area (Å²) in [7, 11) is 0. The summed E-state index contributed by atoms with van der Waals surface area (Å²) in [5.41, 5.74) is 2.22. The first-order valence-electron chi connectivity index (χ1n) is 3.84. The molecule has 0 atom stereocenters. The Labute approximate surface area is 63.4 Å². The van der Waals surface area contributed by atoms with Crippen molar-refractivity contribution in [3.63, 3.8) is 0 Å². The average molecular weight is 137 g/mol. The van der Waals surface area contributed by atoms with Gasteiger partial charge in [-0.15, -0.1) is 0 Å². The highest BCUT2D eigenvalue weighted by Crippen LogP contribution is 2.11. The number of allylic oxidation sites excluding steroid dienone is 2. The molecule has 0 radical (unpaired) electrons. The third-order valence-electron chi connectivity index (χ3n) is 1.68. The van der Waals surface area contributed by atoms with E-state index in [4.69, 9.17) is 5.26 Å². The molecule has 0 amide bonds. The molecule has 1 nitrogen and oxygen atoms in total. The highest BCUT2D eigenvalue weighted by atomic mass is 14.2. The van der Waals surface area contributed by atoms with Crippen LogP contribution in [0, 0.1) is 11.3 Å². The van der Waals surface area contributed by atoms with Gasteiger partial charge in [-0.25, -0.2) is 0 Å². The van der Waals surface area contributed by atoms with Crippen LogP contribution >= 0.6 is 0 Å². The minimum Gasteiger partial charge on any atom is -0.193 e. The lowest BCUT2D eigenvalue weighted by Crippen LogP contribution is -1.83. The maximum Gasteiger partial charge on any atom is 0.0946 e. The van der Waals surface area contributed by atoms with Crippen LogP contribution in [0.4, 0.5) is 0 Å². The van der Waals surface area contributed by atoms with Crippen molar-refractivity contribution in [2.24, 2.45) is 0 Å². The Morgan fingerprint density at radius 1 is 1.40 bits per heavy atom. The van der Waals surface area contributed by atoms with Gasteiger partial charge in [-0.2, -0.15) is 5.26 Å². The summed E-state index contributed by atoms with van der Waals surface area (Å²) in [4.78, 5) is 0. The summed E-state index contributed by atoms with van der Waals surface area (Å²) < 4.78 is 0. The van der Waals surface area contributed by atoms with E-state index in [9.17, 15) is 0 Å². The fourth-order valence-corrected chi connectivity index (χ4v) is 0.828. The van der Waals surface area contributed by atoms with Crippen LogP contribution in [0.25, 0.3) is 0 Å².